The van der Waals surface area contributed by atoms with Gasteiger partial charge in [0.1, 0.15) is 0 Å². The molecule has 114 valence electrons. The van der Waals surface area contributed by atoms with Crippen molar-refractivity contribution in [3.05, 3.63) is 35.9 Å². The van der Waals surface area contributed by atoms with E-state index in [9.17, 15) is 4.79 Å². The molecule has 2 fully saturated rings. The van der Waals surface area contributed by atoms with Crippen LogP contribution in [0.5, 0.6) is 0 Å². The van der Waals surface area contributed by atoms with E-state index in [1.54, 1.807) is 0 Å². The zero-order chi connectivity index (χ0) is 14.7. The van der Waals surface area contributed by atoms with Crippen LogP contribution in [0, 0.1) is 11.3 Å². The number of hydrogen-bond acceptors (Lipinski definition) is 2. The summed E-state index contributed by atoms with van der Waals surface area (Å²) in [5.74, 6) is 0.678. The highest BCUT2D eigenvalue weighted by Gasteiger charge is 2.58. The topological polar surface area (TPSA) is 32.3 Å². The Bertz CT molecular complexity index is 479. The molecule has 3 heteroatoms. The predicted molar refractivity (Wildman–Crippen MR) is 84.8 cm³/mol. The van der Waals surface area contributed by atoms with Crippen LogP contribution in [0.1, 0.15) is 38.2 Å². The zero-order valence-electron chi connectivity index (χ0n) is 13.0. The van der Waals surface area contributed by atoms with Crippen molar-refractivity contribution >= 4 is 5.91 Å². The molecule has 1 heterocycles. The number of hydrogen-bond donors (Lipinski definition) is 1. The maximum atomic E-state index is 12.9. The Morgan fingerprint density at radius 2 is 2.00 bits per heavy atom. The van der Waals surface area contributed by atoms with Crippen LogP contribution < -0.4 is 5.32 Å². The first kappa shape index (κ1) is 14.6. The number of carbonyl (C=O) groups excluding carboxylic acids is 1. The molecular weight excluding hydrogens is 260 g/mol. The second kappa shape index (κ2) is 6.18. The molecule has 1 saturated carbocycles. The molecule has 1 unspecified atom stereocenters. The Hall–Kier alpha value is -1.35. The molecule has 1 saturated heterocycles. The van der Waals surface area contributed by atoms with Gasteiger partial charge >= 0.3 is 0 Å². The third-order valence-corrected chi connectivity index (χ3v) is 5.11. The summed E-state index contributed by atoms with van der Waals surface area (Å²) in [4.78, 5) is 15.0. The number of piperidine rings is 1. The Labute approximate surface area is 127 Å². The normalized spacial score (nSPS) is 23.0. The molecule has 21 heavy (non-hydrogen) atoms. The van der Waals surface area contributed by atoms with Crippen molar-refractivity contribution in [1.82, 2.24) is 10.2 Å². The Morgan fingerprint density at radius 1 is 1.29 bits per heavy atom. The summed E-state index contributed by atoms with van der Waals surface area (Å²) in [7, 11) is 0. The van der Waals surface area contributed by atoms with Crippen LogP contribution in [0.2, 0.25) is 0 Å². The fraction of sp³-hybridized carbons (Fsp3) is 0.611. The lowest BCUT2D eigenvalue weighted by molar-refractivity contribution is -0.134. The monoisotopic (exact) mass is 286 g/mol. The van der Waals surface area contributed by atoms with E-state index in [1.807, 2.05) is 6.07 Å². The van der Waals surface area contributed by atoms with Gasteiger partial charge in [0.15, 0.2) is 0 Å². The molecule has 0 bridgehead atoms. The molecule has 2 aliphatic rings. The summed E-state index contributed by atoms with van der Waals surface area (Å²) in [6.07, 6.45) is 4.49. The van der Waals surface area contributed by atoms with Crippen LogP contribution in [0.25, 0.3) is 0 Å². The van der Waals surface area contributed by atoms with Crippen molar-refractivity contribution < 1.29 is 4.79 Å². The SMILES string of the molecule is CCCN(Cc1ccccc1)C(=O)C1CC12CCNCC2. The molecule has 1 amide bonds. The van der Waals surface area contributed by atoms with Gasteiger partial charge in [0.2, 0.25) is 5.91 Å². The maximum Gasteiger partial charge on any atom is 0.226 e. The minimum atomic E-state index is 0.287. The lowest BCUT2D eigenvalue weighted by Gasteiger charge is -2.27. The Kier molecular flexibility index (Phi) is 4.29. The predicted octanol–water partition coefficient (Wildman–Crippen LogP) is 2.81. The van der Waals surface area contributed by atoms with E-state index >= 15 is 0 Å². The quantitative estimate of drug-likeness (QED) is 0.902. The Morgan fingerprint density at radius 3 is 2.67 bits per heavy atom. The van der Waals surface area contributed by atoms with Crippen molar-refractivity contribution in [3.63, 3.8) is 0 Å². The summed E-state index contributed by atoms with van der Waals surface area (Å²) >= 11 is 0. The van der Waals surface area contributed by atoms with Gasteiger partial charge in [-0.2, -0.15) is 0 Å². The van der Waals surface area contributed by atoms with Crippen LogP contribution in [0.15, 0.2) is 30.3 Å². The smallest absolute Gasteiger partial charge is 0.226 e. The van der Waals surface area contributed by atoms with Crippen LogP contribution in [0.4, 0.5) is 0 Å². The van der Waals surface area contributed by atoms with E-state index in [0.717, 1.165) is 39.0 Å². The molecule has 3 rings (SSSR count). The zero-order valence-corrected chi connectivity index (χ0v) is 13.0. The standard InChI is InChI=1S/C18H26N2O/c1-2-12-20(14-15-6-4-3-5-7-15)17(21)16-13-18(16)8-10-19-11-9-18/h3-7,16,19H,2,8-14H2,1H3. The van der Waals surface area contributed by atoms with Crippen LogP contribution in [-0.2, 0) is 11.3 Å². The van der Waals surface area contributed by atoms with Gasteiger partial charge in [0.25, 0.3) is 0 Å². The van der Waals surface area contributed by atoms with E-state index in [0.29, 0.717) is 11.3 Å². The lowest BCUT2D eigenvalue weighted by Crippen LogP contribution is -2.36. The number of amides is 1. The number of carbonyl (C=O) groups is 1. The van der Waals surface area contributed by atoms with Crippen molar-refractivity contribution in [2.45, 2.75) is 39.2 Å². The van der Waals surface area contributed by atoms with E-state index in [1.165, 1.54) is 18.4 Å². The second-order valence-electron chi connectivity index (χ2n) is 6.61. The lowest BCUT2D eigenvalue weighted by atomic mass is 9.91. The highest BCUT2D eigenvalue weighted by atomic mass is 16.2. The molecule has 1 spiro atoms. The van der Waals surface area contributed by atoms with Crippen molar-refractivity contribution in [3.8, 4) is 0 Å². The van der Waals surface area contributed by atoms with Gasteiger partial charge in [0.05, 0.1) is 0 Å². The fourth-order valence-corrected chi connectivity index (χ4v) is 3.74. The highest BCUT2D eigenvalue weighted by Crippen LogP contribution is 2.59. The van der Waals surface area contributed by atoms with Gasteiger partial charge in [-0.3, -0.25) is 4.79 Å². The Balaban J connectivity index is 1.65. The van der Waals surface area contributed by atoms with Gasteiger partial charge in [-0.1, -0.05) is 37.3 Å². The molecule has 1 N–H and O–H groups in total. The first-order valence-electron chi connectivity index (χ1n) is 8.28. The number of benzene rings is 1. The third-order valence-electron chi connectivity index (χ3n) is 5.11. The third kappa shape index (κ3) is 3.13. The average Bonchev–Trinajstić information content (AvgIpc) is 3.21. The maximum absolute atomic E-state index is 12.9. The summed E-state index contributed by atoms with van der Waals surface area (Å²) in [5, 5.41) is 3.41. The second-order valence-corrected chi connectivity index (χ2v) is 6.61. The minimum Gasteiger partial charge on any atom is -0.338 e. The van der Waals surface area contributed by atoms with Crippen LogP contribution in [0.3, 0.4) is 0 Å². The summed E-state index contributed by atoms with van der Waals surface area (Å²) in [6, 6.07) is 10.4. The van der Waals surface area contributed by atoms with E-state index < -0.39 is 0 Å². The van der Waals surface area contributed by atoms with Crippen LogP contribution in [-0.4, -0.2) is 30.4 Å². The highest BCUT2D eigenvalue weighted by molar-refractivity contribution is 5.82. The molecule has 1 aromatic carbocycles. The first-order chi connectivity index (χ1) is 10.2. The molecule has 1 aromatic rings. The minimum absolute atomic E-state index is 0.287. The molecule has 0 radical (unpaired) electrons. The largest absolute Gasteiger partial charge is 0.338 e. The molecule has 0 aromatic heterocycles. The summed E-state index contributed by atoms with van der Waals surface area (Å²) < 4.78 is 0. The van der Waals surface area contributed by atoms with Crippen molar-refractivity contribution in [1.29, 1.82) is 0 Å². The van der Waals surface area contributed by atoms with Gasteiger partial charge in [0, 0.05) is 19.0 Å². The molecular formula is C18H26N2O. The fourth-order valence-electron chi connectivity index (χ4n) is 3.74. The van der Waals surface area contributed by atoms with Crippen molar-refractivity contribution in [2.24, 2.45) is 11.3 Å². The van der Waals surface area contributed by atoms with E-state index in [4.69, 9.17) is 0 Å². The van der Waals surface area contributed by atoms with Gasteiger partial charge in [-0.15, -0.1) is 0 Å². The average molecular weight is 286 g/mol. The van der Waals surface area contributed by atoms with Gasteiger partial charge < -0.3 is 10.2 Å². The summed E-state index contributed by atoms with van der Waals surface area (Å²) in [5.41, 5.74) is 1.57. The molecule has 1 aliphatic carbocycles. The summed E-state index contributed by atoms with van der Waals surface area (Å²) in [6.45, 7) is 5.95. The molecule has 3 nitrogen and oxygen atoms in total. The van der Waals surface area contributed by atoms with Crippen molar-refractivity contribution in [2.75, 3.05) is 19.6 Å². The van der Waals surface area contributed by atoms with Gasteiger partial charge in [-0.25, -0.2) is 0 Å². The van der Waals surface area contributed by atoms with E-state index in [-0.39, 0.29) is 5.92 Å². The number of nitrogens with zero attached hydrogens (tertiary/aromatic N) is 1. The van der Waals surface area contributed by atoms with Gasteiger partial charge in [-0.05, 0) is 49.8 Å². The van der Waals surface area contributed by atoms with E-state index in [2.05, 4.69) is 41.4 Å². The first-order valence-corrected chi connectivity index (χ1v) is 8.28. The number of nitrogens with one attached hydrogen (secondary N) is 1. The molecule has 1 aliphatic heterocycles. The number of rotatable bonds is 5. The molecule has 1 atom stereocenters. The van der Waals surface area contributed by atoms with Crippen LogP contribution >= 0.6 is 0 Å².